The van der Waals surface area contributed by atoms with Crippen LogP contribution in [0.5, 0.6) is 0 Å². The summed E-state index contributed by atoms with van der Waals surface area (Å²) < 4.78 is 5.11. The highest BCUT2D eigenvalue weighted by Gasteiger charge is 2.23. The number of hydrogen-bond acceptors (Lipinski definition) is 4. The number of carbonyl (C=O) groups excluding carboxylic acids is 1. The van der Waals surface area contributed by atoms with Crippen LogP contribution in [0.25, 0.3) is 0 Å². The molecule has 31 heavy (non-hydrogen) atoms. The lowest BCUT2D eigenvalue weighted by Crippen LogP contribution is -2.54. The van der Waals surface area contributed by atoms with E-state index < -0.39 is 0 Å². The largest absolute Gasteiger partial charge is 0.383 e. The lowest BCUT2D eigenvalue weighted by molar-refractivity contribution is -0.131. The number of methoxy groups -OCH3 is 1. The van der Waals surface area contributed by atoms with Crippen molar-refractivity contribution in [1.82, 2.24) is 20.0 Å². The maximum Gasteiger partial charge on any atom is 0.227 e. The van der Waals surface area contributed by atoms with Gasteiger partial charge in [-0.2, -0.15) is 0 Å². The molecule has 1 aromatic rings. The average Bonchev–Trinajstić information content (AvgIpc) is 2.74. The summed E-state index contributed by atoms with van der Waals surface area (Å²) in [6.07, 6.45) is 1.40. The lowest BCUT2D eigenvalue weighted by atomic mass is 10.1. The first kappa shape index (κ1) is 27.9. The molecule has 7 nitrogen and oxygen atoms in total. The fourth-order valence-electron chi connectivity index (χ4n) is 3.41. The first-order valence-corrected chi connectivity index (χ1v) is 11.1. The van der Waals surface area contributed by atoms with Gasteiger partial charge in [-0.1, -0.05) is 23.7 Å². The number of nitrogens with zero attached hydrogens (tertiary/aromatic N) is 4. The standard InChI is InChI=1S/C22H36ClN5O2.HI/c1-4-24-22(25-9-6-10-26(2)15-16-30-3)28-13-11-27(12-14-28)21(29)18-19-7-5-8-20(23)17-19;/h5,7-8,17H,4,6,9-16,18H2,1-3H3,(H,24,25);1H. The molecule has 1 heterocycles. The second-order valence-electron chi connectivity index (χ2n) is 7.56. The van der Waals surface area contributed by atoms with E-state index in [-0.39, 0.29) is 29.9 Å². The van der Waals surface area contributed by atoms with Crippen molar-refractivity contribution >= 4 is 47.4 Å². The van der Waals surface area contributed by atoms with Crippen LogP contribution in [0.3, 0.4) is 0 Å². The lowest BCUT2D eigenvalue weighted by Gasteiger charge is -2.36. The summed E-state index contributed by atoms with van der Waals surface area (Å²) in [5, 5.41) is 4.06. The highest BCUT2D eigenvalue weighted by atomic mass is 127. The minimum Gasteiger partial charge on any atom is -0.383 e. The Hall–Kier alpha value is -1.10. The van der Waals surface area contributed by atoms with E-state index in [1.54, 1.807) is 7.11 Å². The van der Waals surface area contributed by atoms with Crippen molar-refractivity contribution < 1.29 is 9.53 Å². The summed E-state index contributed by atoms with van der Waals surface area (Å²) in [5.74, 6) is 1.09. The van der Waals surface area contributed by atoms with E-state index in [4.69, 9.17) is 21.3 Å². The molecular formula is C22H37ClIN5O2. The van der Waals surface area contributed by atoms with Gasteiger partial charge in [-0.25, -0.2) is 0 Å². The number of carbonyl (C=O) groups is 1. The van der Waals surface area contributed by atoms with Gasteiger partial charge in [0.05, 0.1) is 13.0 Å². The molecule has 0 spiro atoms. The molecule has 1 aliphatic heterocycles. The first-order valence-electron chi connectivity index (χ1n) is 10.8. The third kappa shape index (κ3) is 10.4. The van der Waals surface area contributed by atoms with Gasteiger partial charge in [-0.05, 0) is 44.6 Å². The third-order valence-electron chi connectivity index (χ3n) is 5.15. The maximum absolute atomic E-state index is 12.6. The SMILES string of the molecule is CCNC(=NCCCN(C)CCOC)N1CCN(C(=O)Cc2cccc(Cl)c2)CC1.I. The maximum atomic E-state index is 12.6. The van der Waals surface area contributed by atoms with Crippen LogP contribution in [0.1, 0.15) is 18.9 Å². The quantitative estimate of drug-likeness (QED) is 0.205. The van der Waals surface area contributed by atoms with Crippen molar-refractivity contribution in [2.75, 3.05) is 73.1 Å². The molecule has 1 fully saturated rings. The molecule has 9 heteroatoms. The van der Waals surface area contributed by atoms with Crippen molar-refractivity contribution in [2.24, 2.45) is 4.99 Å². The number of likely N-dealkylation sites (N-methyl/N-ethyl adjacent to an activating group) is 1. The number of aliphatic imine (C=N–C) groups is 1. The van der Waals surface area contributed by atoms with Crippen molar-refractivity contribution in [3.8, 4) is 0 Å². The summed E-state index contributed by atoms with van der Waals surface area (Å²) in [6, 6.07) is 7.52. The molecule has 0 radical (unpaired) electrons. The molecule has 1 aliphatic rings. The van der Waals surface area contributed by atoms with Crippen LogP contribution in [0.2, 0.25) is 5.02 Å². The number of guanidine groups is 1. The van der Waals surface area contributed by atoms with E-state index in [0.717, 1.165) is 63.8 Å². The summed E-state index contributed by atoms with van der Waals surface area (Å²) in [4.78, 5) is 23.9. The number of rotatable bonds is 10. The number of ether oxygens (including phenoxy) is 1. The molecule has 0 aliphatic carbocycles. The van der Waals surface area contributed by atoms with E-state index >= 15 is 0 Å². The number of piperazine rings is 1. The molecule has 0 unspecified atom stereocenters. The van der Waals surface area contributed by atoms with Gasteiger partial charge in [0.2, 0.25) is 5.91 Å². The van der Waals surface area contributed by atoms with Crippen LogP contribution in [-0.2, 0) is 16.0 Å². The third-order valence-corrected chi connectivity index (χ3v) is 5.38. The van der Waals surface area contributed by atoms with Gasteiger partial charge in [0.25, 0.3) is 0 Å². The predicted molar refractivity (Wildman–Crippen MR) is 139 cm³/mol. The van der Waals surface area contributed by atoms with Crippen molar-refractivity contribution in [2.45, 2.75) is 19.8 Å². The van der Waals surface area contributed by atoms with Crippen molar-refractivity contribution in [1.29, 1.82) is 0 Å². The fraction of sp³-hybridized carbons (Fsp3) is 0.636. The number of nitrogens with one attached hydrogen (secondary N) is 1. The molecule has 0 bridgehead atoms. The van der Waals surface area contributed by atoms with E-state index in [1.807, 2.05) is 29.2 Å². The van der Waals surface area contributed by atoms with Gasteiger partial charge in [0, 0.05) is 57.9 Å². The molecule has 176 valence electrons. The minimum absolute atomic E-state index is 0. The van der Waals surface area contributed by atoms with Gasteiger partial charge in [-0.3, -0.25) is 9.79 Å². The molecule has 0 aromatic heterocycles. The molecule has 2 rings (SSSR count). The van der Waals surface area contributed by atoms with Crippen molar-refractivity contribution in [3.63, 3.8) is 0 Å². The molecule has 1 aromatic carbocycles. The Morgan fingerprint density at radius 3 is 2.58 bits per heavy atom. The summed E-state index contributed by atoms with van der Waals surface area (Å²) in [5.41, 5.74) is 0.959. The van der Waals surface area contributed by atoms with Gasteiger partial charge >= 0.3 is 0 Å². The molecular weight excluding hydrogens is 529 g/mol. The van der Waals surface area contributed by atoms with Crippen LogP contribution < -0.4 is 5.32 Å². The van der Waals surface area contributed by atoms with Gasteiger partial charge in [0.1, 0.15) is 0 Å². The predicted octanol–water partition coefficient (Wildman–Crippen LogP) is 2.58. The van der Waals surface area contributed by atoms with E-state index in [2.05, 4.69) is 29.1 Å². The number of halogens is 2. The zero-order valence-electron chi connectivity index (χ0n) is 19.0. The summed E-state index contributed by atoms with van der Waals surface area (Å²) in [6.45, 7) is 9.40. The average molecular weight is 566 g/mol. The normalized spacial score (nSPS) is 14.5. The molecule has 0 atom stereocenters. The number of hydrogen-bond donors (Lipinski definition) is 1. The monoisotopic (exact) mass is 565 g/mol. The Bertz CT molecular complexity index is 684. The topological polar surface area (TPSA) is 60.4 Å². The fourth-order valence-corrected chi connectivity index (χ4v) is 3.62. The summed E-state index contributed by atoms with van der Waals surface area (Å²) >= 11 is 6.03. The Morgan fingerprint density at radius 2 is 1.94 bits per heavy atom. The molecule has 1 amide bonds. The van der Waals surface area contributed by atoms with Crippen molar-refractivity contribution in [3.05, 3.63) is 34.9 Å². The highest BCUT2D eigenvalue weighted by molar-refractivity contribution is 14.0. The Kier molecular flexibility index (Phi) is 14.1. The van der Waals surface area contributed by atoms with E-state index in [9.17, 15) is 4.79 Å². The second-order valence-corrected chi connectivity index (χ2v) is 8.00. The van der Waals surface area contributed by atoms with Gasteiger partial charge in [0.15, 0.2) is 5.96 Å². The number of amides is 1. The smallest absolute Gasteiger partial charge is 0.227 e. The molecule has 0 saturated carbocycles. The van der Waals surface area contributed by atoms with Gasteiger partial charge < -0.3 is 24.8 Å². The van der Waals surface area contributed by atoms with Crippen LogP contribution >= 0.6 is 35.6 Å². The van der Waals surface area contributed by atoms with Crippen LogP contribution in [0.15, 0.2) is 29.3 Å². The van der Waals surface area contributed by atoms with Crippen LogP contribution in [0.4, 0.5) is 0 Å². The van der Waals surface area contributed by atoms with Gasteiger partial charge in [-0.15, -0.1) is 24.0 Å². The Labute approximate surface area is 209 Å². The first-order chi connectivity index (χ1) is 14.5. The molecule has 1 N–H and O–H groups in total. The zero-order chi connectivity index (χ0) is 21.8. The highest BCUT2D eigenvalue weighted by Crippen LogP contribution is 2.13. The van der Waals surface area contributed by atoms with Crippen LogP contribution in [-0.4, -0.2) is 99.7 Å². The van der Waals surface area contributed by atoms with E-state index in [1.165, 1.54) is 0 Å². The van der Waals surface area contributed by atoms with Crippen LogP contribution in [0, 0.1) is 0 Å². The second kappa shape index (κ2) is 15.7. The Morgan fingerprint density at radius 1 is 1.23 bits per heavy atom. The Balaban J connectivity index is 0.00000480. The zero-order valence-corrected chi connectivity index (χ0v) is 22.1. The number of benzene rings is 1. The molecule has 1 saturated heterocycles. The summed E-state index contributed by atoms with van der Waals surface area (Å²) in [7, 11) is 3.83. The minimum atomic E-state index is 0. The van der Waals surface area contributed by atoms with E-state index in [0.29, 0.717) is 24.5 Å².